The number of benzene rings is 2. The number of oxime groups is 1. The molecule has 13 nitrogen and oxygen atoms in total. The third-order valence-corrected chi connectivity index (χ3v) is 9.47. The lowest BCUT2D eigenvalue weighted by molar-refractivity contribution is -0.201. The number of nitrogens with two attached hydrogens (primary N) is 1. The Morgan fingerprint density at radius 1 is 1.15 bits per heavy atom. The van der Waals surface area contributed by atoms with E-state index >= 15 is 0 Å². The Kier molecular flexibility index (Phi) is 8.22. The molecular formula is C29H21F3N6O7S2. The molecule has 3 aliphatic heterocycles. The highest BCUT2D eigenvalue weighted by Gasteiger charge is 2.55. The Balaban J connectivity index is 1.28. The van der Waals surface area contributed by atoms with Crippen molar-refractivity contribution < 1.29 is 47.1 Å². The number of nitrogen functional groups attached to an aromatic ring is 1. The molecule has 4 N–H and O–H groups in total. The van der Waals surface area contributed by atoms with E-state index in [2.05, 4.69) is 20.2 Å². The lowest BCUT2D eigenvalue weighted by Gasteiger charge is -2.49. The molecule has 0 radical (unpaired) electrons. The van der Waals surface area contributed by atoms with Crippen LogP contribution in [0.2, 0.25) is 0 Å². The monoisotopic (exact) mass is 686 g/mol. The van der Waals surface area contributed by atoms with Crippen molar-refractivity contribution in [2.24, 2.45) is 5.16 Å². The molecular weight excluding hydrogens is 665 g/mol. The molecule has 4 heterocycles. The van der Waals surface area contributed by atoms with Crippen molar-refractivity contribution in [3.8, 4) is 0 Å². The molecule has 3 aliphatic rings. The van der Waals surface area contributed by atoms with E-state index in [0.29, 0.717) is 5.69 Å². The van der Waals surface area contributed by atoms with E-state index in [1.54, 1.807) is 6.07 Å². The van der Waals surface area contributed by atoms with Gasteiger partial charge in [-0.3, -0.25) is 19.3 Å². The maximum atomic E-state index is 13.4. The van der Waals surface area contributed by atoms with Crippen molar-refractivity contribution in [3.63, 3.8) is 0 Å². The number of fused-ring (bicyclic) bond motifs is 2. The van der Waals surface area contributed by atoms with Crippen LogP contribution >= 0.6 is 23.1 Å². The molecule has 47 heavy (non-hydrogen) atoms. The summed E-state index contributed by atoms with van der Waals surface area (Å²) in [6.45, 7) is 0.272. The van der Waals surface area contributed by atoms with Gasteiger partial charge in [0.25, 0.3) is 17.7 Å². The first-order valence-electron chi connectivity index (χ1n) is 13.6. The minimum Gasteiger partial charge on any atom is -0.410 e. The van der Waals surface area contributed by atoms with Gasteiger partial charge in [-0.1, -0.05) is 35.5 Å². The predicted octanol–water partition coefficient (Wildman–Crippen LogP) is 2.71. The van der Waals surface area contributed by atoms with Crippen molar-refractivity contribution in [3.05, 3.63) is 76.5 Å². The summed E-state index contributed by atoms with van der Waals surface area (Å²) in [5, 5.41) is 16.9. The number of ether oxygens (including phenoxy) is 1. The highest BCUT2D eigenvalue weighted by molar-refractivity contribution is 8.00. The predicted molar refractivity (Wildman–Crippen MR) is 163 cm³/mol. The van der Waals surface area contributed by atoms with Crippen LogP contribution in [0.1, 0.15) is 12.1 Å². The first-order valence-corrected chi connectivity index (χ1v) is 15.6. The van der Waals surface area contributed by atoms with E-state index < -0.39 is 58.7 Å². The number of amides is 3. The van der Waals surface area contributed by atoms with Gasteiger partial charge in [0.05, 0.1) is 0 Å². The summed E-state index contributed by atoms with van der Waals surface area (Å²) in [6, 6.07) is 11.7. The van der Waals surface area contributed by atoms with E-state index in [0.717, 1.165) is 38.8 Å². The zero-order chi connectivity index (χ0) is 33.6. The fraction of sp³-hybridized carbons (Fsp3) is 0.207. The number of β-lactam (4-membered cyclic amide) rings is 1. The number of nitrogens with one attached hydrogen (secondary N) is 1. The van der Waals surface area contributed by atoms with Gasteiger partial charge in [-0.25, -0.2) is 14.6 Å². The molecule has 3 aromatic rings. The second kappa shape index (κ2) is 12.2. The van der Waals surface area contributed by atoms with Crippen LogP contribution in [0.5, 0.6) is 0 Å². The number of rotatable bonds is 6. The molecule has 0 bridgehead atoms. The number of thiazole rings is 1. The molecule has 2 saturated heterocycles. The van der Waals surface area contributed by atoms with Crippen molar-refractivity contribution >= 4 is 80.1 Å². The zero-order valence-electron chi connectivity index (χ0n) is 23.7. The van der Waals surface area contributed by atoms with Crippen molar-refractivity contribution in [2.45, 2.75) is 24.0 Å². The third kappa shape index (κ3) is 5.92. The van der Waals surface area contributed by atoms with E-state index in [4.69, 9.17) is 5.73 Å². The molecule has 18 heteroatoms. The first kappa shape index (κ1) is 31.7. The number of alkyl halides is 3. The number of carbonyl (C=O) groups excluding carboxylic acids is 5. The average Bonchev–Trinajstić information content (AvgIpc) is 3.63. The standard InChI is InChI=1S/C29H21F3N6O7S2/c30-29(31,32)27(43)45-26(42)21-16(9-15-7-8-37(23(15)40)17-6-5-13-3-1-2-4-14(13)10-17)11-46-25-20(24(41)38(21)25)35-22(39)19(36-44)18-12-47-28(33)34-18/h1-6,9-10,12,20,25,44H,7-8,11H2,(H2,33,34)(H,35,39)/b15-9+,36-19-/t20-,25-/m1/s1. The molecule has 0 saturated carbocycles. The topological polar surface area (TPSA) is 185 Å². The van der Waals surface area contributed by atoms with Crippen LogP contribution in [-0.2, 0) is 28.7 Å². The van der Waals surface area contributed by atoms with Gasteiger partial charge in [-0.15, -0.1) is 23.1 Å². The average molecular weight is 687 g/mol. The number of hydrogen-bond donors (Lipinski definition) is 3. The van der Waals surface area contributed by atoms with Gasteiger partial charge in [0, 0.05) is 28.9 Å². The normalized spacial score (nSPS) is 20.8. The van der Waals surface area contributed by atoms with Crippen LogP contribution < -0.4 is 16.0 Å². The maximum absolute atomic E-state index is 13.4. The number of hydrogen-bond acceptors (Lipinski definition) is 12. The molecule has 2 atom stereocenters. The molecule has 1 aromatic heterocycles. The van der Waals surface area contributed by atoms with Gasteiger partial charge in [0.1, 0.15) is 22.8 Å². The Labute approximate surface area is 270 Å². The molecule has 2 aromatic carbocycles. The summed E-state index contributed by atoms with van der Waals surface area (Å²) >= 11 is 2.00. The number of nitrogens with zero attached hydrogens (tertiary/aromatic N) is 4. The SMILES string of the molecule is Nc1nc(/C(=N/O)C(=O)N[C@@H]2C(=O)N3C(C(=O)OC(=O)C(F)(F)F)=C(/C=C4\CCN(c5ccc6ccccc6c5)C4=O)CS[C@H]23)cs1. The fourth-order valence-corrected chi connectivity index (χ4v) is 7.16. The van der Waals surface area contributed by atoms with Crippen molar-refractivity contribution in [1.29, 1.82) is 0 Å². The van der Waals surface area contributed by atoms with Crippen LogP contribution in [0.4, 0.5) is 24.0 Å². The number of aromatic nitrogens is 1. The molecule has 242 valence electrons. The van der Waals surface area contributed by atoms with Gasteiger partial charge in [-0.2, -0.15) is 13.2 Å². The Morgan fingerprint density at radius 3 is 2.57 bits per heavy atom. The number of thioether (sulfide) groups is 1. The maximum Gasteiger partial charge on any atom is 0.491 e. The van der Waals surface area contributed by atoms with Crippen LogP contribution in [0.3, 0.4) is 0 Å². The molecule has 0 aliphatic carbocycles. The number of anilines is 2. The summed E-state index contributed by atoms with van der Waals surface area (Å²) in [7, 11) is 0. The quantitative estimate of drug-likeness (QED) is 0.0663. The molecule has 0 spiro atoms. The van der Waals surface area contributed by atoms with Gasteiger partial charge >= 0.3 is 18.1 Å². The summed E-state index contributed by atoms with van der Waals surface area (Å²) in [4.78, 5) is 70.4. The van der Waals surface area contributed by atoms with Crippen molar-refractivity contribution in [1.82, 2.24) is 15.2 Å². The minimum atomic E-state index is -5.51. The number of allylic oxidation sites excluding steroid dienone is 1. The Morgan fingerprint density at radius 2 is 1.89 bits per heavy atom. The van der Waals surface area contributed by atoms with E-state index in [-0.39, 0.29) is 40.7 Å². The van der Waals surface area contributed by atoms with Crippen LogP contribution in [0.15, 0.2) is 75.9 Å². The number of halogens is 3. The van der Waals surface area contributed by atoms with E-state index in [9.17, 15) is 42.4 Å². The van der Waals surface area contributed by atoms with Crippen LogP contribution in [-0.4, -0.2) is 80.4 Å². The van der Waals surface area contributed by atoms with Crippen LogP contribution in [0, 0.1) is 0 Å². The largest absolute Gasteiger partial charge is 0.491 e. The molecule has 6 rings (SSSR count). The van der Waals surface area contributed by atoms with Crippen LogP contribution in [0.25, 0.3) is 10.8 Å². The molecule has 2 fully saturated rings. The highest BCUT2D eigenvalue weighted by atomic mass is 32.2. The van der Waals surface area contributed by atoms with E-state index in [1.807, 2.05) is 36.4 Å². The van der Waals surface area contributed by atoms with Gasteiger partial charge in [-0.05, 0) is 41.0 Å². The number of carbonyl (C=O) groups is 5. The number of esters is 2. The summed E-state index contributed by atoms with van der Waals surface area (Å²) in [6.07, 6.45) is -3.98. The lowest BCUT2D eigenvalue weighted by atomic mass is 10.0. The Bertz CT molecular complexity index is 1960. The molecule has 0 unspecified atom stereocenters. The fourth-order valence-electron chi connectivity index (χ4n) is 5.30. The van der Waals surface area contributed by atoms with Gasteiger partial charge in [0.2, 0.25) is 0 Å². The second-order valence-corrected chi connectivity index (χ2v) is 12.3. The zero-order valence-corrected chi connectivity index (χ0v) is 25.3. The summed E-state index contributed by atoms with van der Waals surface area (Å²) in [5.41, 5.74) is 5.06. The summed E-state index contributed by atoms with van der Waals surface area (Å²) < 4.78 is 43.1. The summed E-state index contributed by atoms with van der Waals surface area (Å²) in [5.74, 6) is -7.02. The molecule has 3 amide bonds. The minimum absolute atomic E-state index is 0.0244. The Hall–Kier alpha value is -5.23. The van der Waals surface area contributed by atoms with E-state index in [1.165, 1.54) is 16.4 Å². The first-order chi connectivity index (χ1) is 22.4. The van der Waals surface area contributed by atoms with Gasteiger partial charge < -0.3 is 25.9 Å². The second-order valence-electron chi connectivity index (χ2n) is 10.3. The van der Waals surface area contributed by atoms with Gasteiger partial charge in [0.15, 0.2) is 10.8 Å². The van der Waals surface area contributed by atoms with Crippen molar-refractivity contribution in [2.75, 3.05) is 22.9 Å². The third-order valence-electron chi connectivity index (χ3n) is 7.49. The highest BCUT2D eigenvalue weighted by Crippen LogP contribution is 2.42. The lowest BCUT2D eigenvalue weighted by Crippen LogP contribution is -2.71. The smallest absolute Gasteiger partial charge is 0.410 e.